The third-order valence-corrected chi connectivity index (χ3v) is 5.93. The van der Waals surface area contributed by atoms with Crippen LogP contribution in [0.5, 0.6) is 0 Å². The second-order valence-electron chi connectivity index (χ2n) is 7.57. The first-order valence-electron chi connectivity index (χ1n) is 9.74. The first kappa shape index (κ1) is 17.2. The van der Waals surface area contributed by atoms with Gasteiger partial charge in [0.05, 0.1) is 6.54 Å². The van der Waals surface area contributed by atoms with Gasteiger partial charge in [-0.3, -0.25) is 14.7 Å². The van der Waals surface area contributed by atoms with Gasteiger partial charge in [-0.05, 0) is 60.9 Å². The lowest BCUT2D eigenvalue weighted by molar-refractivity contribution is -0.133. The summed E-state index contributed by atoms with van der Waals surface area (Å²) >= 11 is 0. The molecule has 3 heterocycles. The number of carbonyl (C=O) groups excluding carboxylic acids is 1. The normalized spacial score (nSPS) is 21.8. The first-order valence-corrected chi connectivity index (χ1v) is 9.74. The van der Waals surface area contributed by atoms with Crippen molar-refractivity contribution in [3.63, 3.8) is 0 Å². The molecule has 2 aliphatic rings. The Morgan fingerprint density at radius 3 is 2.27 bits per heavy atom. The van der Waals surface area contributed by atoms with Gasteiger partial charge in [-0.1, -0.05) is 30.3 Å². The van der Waals surface area contributed by atoms with Gasteiger partial charge in [0, 0.05) is 32.0 Å². The van der Waals surface area contributed by atoms with Crippen LogP contribution in [-0.4, -0.2) is 53.4 Å². The van der Waals surface area contributed by atoms with Crippen molar-refractivity contribution in [1.29, 1.82) is 0 Å². The van der Waals surface area contributed by atoms with Crippen molar-refractivity contribution >= 4 is 5.91 Å². The van der Waals surface area contributed by atoms with Gasteiger partial charge in [-0.15, -0.1) is 0 Å². The van der Waals surface area contributed by atoms with Crippen molar-refractivity contribution in [2.24, 2.45) is 0 Å². The van der Waals surface area contributed by atoms with E-state index in [1.165, 1.54) is 11.1 Å². The van der Waals surface area contributed by atoms with E-state index in [9.17, 15) is 4.79 Å². The molecule has 1 aromatic heterocycles. The highest BCUT2D eigenvalue weighted by Crippen LogP contribution is 2.29. The fourth-order valence-electron chi connectivity index (χ4n) is 4.36. The summed E-state index contributed by atoms with van der Waals surface area (Å²) in [5.41, 5.74) is 2.76. The van der Waals surface area contributed by atoms with Crippen LogP contribution < -0.4 is 0 Å². The minimum atomic E-state index is 0.298. The van der Waals surface area contributed by atoms with E-state index in [2.05, 4.69) is 57.2 Å². The van der Waals surface area contributed by atoms with Crippen molar-refractivity contribution in [2.75, 3.05) is 32.7 Å². The molecular weight excluding hydrogens is 322 g/mol. The lowest BCUT2D eigenvalue weighted by Crippen LogP contribution is -2.43. The van der Waals surface area contributed by atoms with Gasteiger partial charge in [-0.2, -0.15) is 0 Å². The lowest BCUT2D eigenvalue weighted by Gasteiger charge is -2.33. The lowest BCUT2D eigenvalue weighted by atomic mass is 9.90. The molecule has 1 aromatic carbocycles. The van der Waals surface area contributed by atoms with Crippen molar-refractivity contribution < 1.29 is 4.79 Å². The number of nitrogens with zero attached hydrogens (tertiary/aromatic N) is 3. The SMILES string of the molecule is O=C(CN1CC[C@@H](c2ccccc2)C1)N1CCC(c2ccncc2)CC1. The third kappa shape index (κ3) is 3.96. The number of hydrogen-bond acceptors (Lipinski definition) is 3. The molecule has 0 aliphatic carbocycles. The topological polar surface area (TPSA) is 36.4 Å². The molecule has 0 radical (unpaired) electrons. The third-order valence-electron chi connectivity index (χ3n) is 5.93. The quantitative estimate of drug-likeness (QED) is 0.850. The molecule has 1 atom stereocenters. The molecule has 2 aromatic rings. The standard InChI is InChI=1S/C22H27N3O/c26-22(17-24-13-8-21(16-24)18-4-2-1-3-5-18)25-14-9-20(10-15-25)19-6-11-23-12-7-19/h1-7,11-12,20-21H,8-10,13-17H2/t21-/m1/s1. The second kappa shape index (κ2) is 8.00. The number of aromatic nitrogens is 1. The van der Waals surface area contributed by atoms with Crippen molar-refractivity contribution in [2.45, 2.75) is 31.1 Å². The van der Waals surface area contributed by atoms with Crippen LogP contribution in [-0.2, 0) is 4.79 Å². The molecule has 0 unspecified atom stereocenters. The van der Waals surface area contributed by atoms with Gasteiger partial charge in [0.2, 0.25) is 5.91 Å². The highest BCUT2D eigenvalue weighted by Gasteiger charge is 2.28. The van der Waals surface area contributed by atoms with Crippen LogP contribution in [0.25, 0.3) is 0 Å². The van der Waals surface area contributed by atoms with Gasteiger partial charge in [0.15, 0.2) is 0 Å². The number of amides is 1. The summed E-state index contributed by atoms with van der Waals surface area (Å²) in [6.07, 6.45) is 7.00. The van der Waals surface area contributed by atoms with E-state index in [4.69, 9.17) is 0 Å². The maximum atomic E-state index is 12.7. The molecule has 1 amide bonds. The Morgan fingerprint density at radius 2 is 1.54 bits per heavy atom. The van der Waals surface area contributed by atoms with E-state index >= 15 is 0 Å². The molecule has 136 valence electrons. The molecule has 2 fully saturated rings. The highest BCUT2D eigenvalue weighted by molar-refractivity contribution is 5.78. The maximum absolute atomic E-state index is 12.7. The van der Waals surface area contributed by atoms with Crippen LogP contribution in [0.1, 0.15) is 42.2 Å². The minimum Gasteiger partial charge on any atom is -0.342 e. The van der Waals surface area contributed by atoms with E-state index in [0.29, 0.717) is 24.3 Å². The van der Waals surface area contributed by atoms with Crippen LogP contribution in [0, 0.1) is 0 Å². The molecule has 0 saturated carbocycles. The molecule has 4 rings (SSSR count). The van der Waals surface area contributed by atoms with E-state index in [-0.39, 0.29) is 0 Å². The fourth-order valence-corrected chi connectivity index (χ4v) is 4.36. The van der Waals surface area contributed by atoms with Gasteiger partial charge in [0.25, 0.3) is 0 Å². The molecular formula is C22H27N3O. The average Bonchev–Trinajstić information content (AvgIpc) is 3.18. The van der Waals surface area contributed by atoms with Gasteiger partial charge in [-0.25, -0.2) is 0 Å². The zero-order valence-electron chi connectivity index (χ0n) is 15.3. The Bertz CT molecular complexity index is 711. The van der Waals surface area contributed by atoms with Gasteiger partial charge >= 0.3 is 0 Å². The zero-order chi connectivity index (χ0) is 17.8. The predicted molar refractivity (Wildman–Crippen MR) is 103 cm³/mol. The van der Waals surface area contributed by atoms with Crippen molar-refractivity contribution in [1.82, 2.24) is 14.8 Å². The molecule has 0 bridgehead atoms. The molecule has 2 aliphatic heterocycles. The maximum Gasteiger partial charge on any atom is 0.236 e. The predicted octanol–water partition coefficient (Wildman–Crippen LogP) is 3.28. The number of piperidine rings is 1. The monoisotopic (exact) mass is 349 g/mol. The number of carbonyl (C=O) groups is 1. The van der Waals surface area contributed by atoms with Crippen LogP contribution in [0.2, 0.25) is 0 Å². The van der Waals surface area contributed by atoms with Crippen LogP contribution in [0.3, 0.4) is 0 Å². The van der Waals surface area contributed by atoms with Crippen LogP contribution in [0.15, 0.2) is 54.9 Å². The summed E-state index contributed by atoms with van der Waals surface area (Å²) in [5, 5.41) is 0. The second-order valence-corrected chi connectivity index (χ2v) is 7.57. The molecule has 4 nitrogen and oxygen atoms in total. The Balaban J connectivity index is 1.26. The van der Waals surface area contributed by atoms with Gasteiger partial charge < -0.3 is 4.90 Å². The zero-order valence-corrected chi connectivity index (χ0v) is 15.3. The minimum absolute atomic E-state index is 0.298. The average molecular weight is 349 g/mol. The Labute approximate surface area is 155 Å². The number of likely N-dealkylation sites (tertiary alicyclic amines) is 2. The number of rotatable bonds is 4. The van der Waals surface area contributed by atoms with Crippen LogP contribution in [0.4, 0.5) is 0 Å². The first-order chi connectivity index (χ1) is 12.8. The molecule has 26 heavy (non-hydrogen) atoms. The largest absolute Gasteiger partial charge is 0.342 e. The van der Waals surface area contributed by atoms with Crippen molar-refractivity contribution in [3.05, 3.63) is 66.0 Å². The fraction of sp³-hybridized carbons (Fsp3) is 0.455. The summed E-state index contributed by atoms with van der Waals surface area (Å²) in [5.74, 6) is 1.43. The van der Waals surface area contributed by atoms with E-state index in [1.54, 1.807) is 0 Å². The number of hydrogen-bond donors (Lipinski definition) is 0. The molecule has 4 heteroatoms. The molecule has 0 N–H and O–H groups in total. The Kier molecular flexibility index (Phi) is 5.30. The Hall–Kier alpha value is -2.20. The summed E-state index contributed by atoms with van der Waals surface area (Å²) < 4.78 is 0. The van der Waals surface area contributed by atoms with E-state index in [1.807, 2.05) is 12.4 Å². The number of benzene rings is 1. The van der Waals surface area contributed by atoms with E-state index < -0.39 is 0 Å². The van der Waals surface area contributed by atoms with Crippen molar-refractivity contribution in [3.8, 4) is 0 Å². The summed E-state index contributed by atoms with van der Waals surface area (Å²) in [6, 6.07) is 14.9. The number of pyridine rings is 1. The summed E-state index contributed by atoms with van der Waals surface area (Å²) in [7, 11) is 0. The van der Waals surface area contributed by atoms with Gasteiger partial charge in [0.1, 0.15) is 0 Å². The van der Waals surface area contributed by atoms with Crippen LogP contribution >= 0.6 is 0 Å². The smallest absolute Gasteiger partial charge is 0.236 e. The molecule has 2 saturated heterocycles. The highest BCUT2D eigenvalue weighted by atomic mass is 16.2. The molecule has 0 spiro atoms. The summed E-state index contributed by atoms with van der Waals surface area (Å²) in [4.78, 5) is 21.2. The summed E-state index contributed by atoms with van der Waals surface area (Å²) in [6.45, 7) is 4.36. The van der Waals surface area contributed by atoms with E-state index in [0.717, 1.165) is 45.4 Å². The Morgan fingerprint density at radius 1 is 0.885 bits per heavy atom.